The van der Waals surface area contributed by atoms with Crippen molar-refractivity contribution in [3.63, 3.8) is 0 Å². The maximum absolute atomic E-state index is 12.7. The van der Waals surface area contributed by atoms with Crippen LogP contribution in [-0.4, -0.2) is 12.5 Å². The van der Waals surface area contributed by atoms with E-state index in [-0.39, 0.29) is 11.3 Å². The second-order valence-corrected chi connectivity index (χ2v) is 15.9. The largest absolute Gasteiger partial charge is 0.351 e. The van der Waals surface area contributed by atoms with Crippen LogP contribution >= 0.6 is 11.3 Å². The SMILES string of the molecule is CC[C@H]1CC2C3CCC(CCCNC(=O)c4ccc(C(C)(C)C)s4)C3(C)CC[C@@H]2C2(C)CCCCC12. The van der Waals surface area contributed by atoms with E-state index in [0.717, 1.165) is 53.4 Å². The van der Waals surface area contributed by atoms with Gasteiger partial charge in [-0.25, -0.2) is 0 Å². The first kappa shape index (κ1) is 26.8. The van der Waals surface area contributed by atoms with Crippen LogP contribution < -0.4 is 5.32 Å². The van der Waals surface area contributed by atoms with Gasteiger partial charge < -0.3 is 5.32 Å². The lowest BCUT2D eigenvalue weighted by Crippen LogP contribution is -2.55. The molecule has 0 aromatic carbocycles. The van der Waals surface area contributed by atoms with E-state index in [1.54, 1.807) is 11.3 Å². The minimum absolute atomic E-state index is 0.113. The molecule has 0 spiro atoms. The lowest BCUT2D eigenvalue weighted by Gasteiger charge is -2.62. The molecule has 4 aliphatic carbocycles. The molecule has 3 heteroatoms. The van der Waals surface area contributed by atoms with Crippen molar-refractivity contribution in [1.82, 2.24) is 5.32 Å². The molecule has 202 valence electrons. The van der Waals surface area contributed by atoms with Crippen molar-refractivity contribution in [2.45, 2.75) is 124 Å². The van der Waals surface area contributed by atoms with Gasteiger partial charge in [0, 0.05) is 11.4 Å². The summed E-state index contributed by atoms with van der Waals surface area (Å²) in [6.45, 7) is 15.4. The third kappa shape index (κ3) is 4.62. The number of hydrogen-bond donors (Lipinski definition) is 1. The Kier molecular flexibility index (Phi) is 7.47. The highest BCUT2D eigenvalue weighted by Crippen LogP contribution is 2.69. The Morgan fingerprint density at radius 1 is 1.00 bits per heavy atom. The summed E-state index contributed by atoms with van der Waals surface area (Å²) >= 11 is 1.65. The molecule has 36 heavy (non-hydrogen) atoms. The number of carbonyl (C=O) groups excluding carboxylic acids is 1. The number of hydrogen-bond acceptors (Lipinski definition) is 2. The fourth-order valence-corrected chi connectivity index (χ4v) is 11.1. The average Bonchev–Trinajstić information content (AvgIpc) is 3.46. The van der Waals surface area contributed by atoms with Gasteiger partial charge in [-0.3, -0.25) is 4.79 Å². The molecule has 2 nitrogen and oxygen atoms in total. The van der Waals surface area contributed by atoms with E-state index in [0.29, 0.717) is 10.8 Å². The number of nitrogens with one attached hydrogen (secondary N) is 1. The maximum atomic E-state index is 12.7. The third-order valence-corrected chi connectivity index (χ3v) is 13.6. The van der Waals surface area contributed by atoms with Crippen LogP contribution in [0.3, 0.4) is 0 Å². The Balaban J connectivity index is 1.18. The van der Waals surface area contributed by atoms with E-state index < -0.39 is 0 Å². The van der Waals surface area contributed by atoms with Gasteiger partial charge in [0.2, 0.25) is 0 Å². The first-order valence-electron chi connectivity index (χ1n) is 15.5. The van der Waals surface area contributed by atoms with Crippen LogP contribution in [0.2, 0.25) is 0 Å². The maximum Gasteiger partial charge on any atom is 0.261 e. The van der Waals surface area contributed by atoms with Gasteiger partial charge >= 0.3 is 0 Å². The molecule has 0 saturated heterocycles. The van der Waals surface area contributed by atoms with E-state index >= 15 is 0 Å². The molecule has 1 aromatic heterocycles. The number of carbonyl (C=O) groups is 1. The first-order valence-corrected chi connectivity index (χ1v) is 16.3. The number of thiophene rings is 1. The molecule has 4 saturated carbocycles. The zero-order valence-electron chi connectivity index (χ0n) is 24.1. The molecular formula is C33H53NOS. The Hall–Kier alpha value is -0.830. The summed E-state index contributed by atoms with van der Waals surface area (Å²) in [5.74, 6) is 5.88. The summed E-state index contributed by atoms with van der Waals surface area (Å²) in [6.07, 6.45) is 17.2. The van der Waals surface area contributed by atoms with Crippen LogP contribution in [0.4, 0.5) is 0 Å². The van der Waals surface area contributed by atoms with Crippen LogP contribution in [0, 0.1) is 46.3 Å². The highest BCUT2D eigenvalue weighted by molar-refractivity contribution is 7.14. The van der Waals surface area contributed by atoms with Crippen LogP contribution in [-0.2, 0) is 5.41 Å². The minimum atomic E-state index is 0.113. The summed E-state index contributed by atoms with van der Waals surface area (Å²) in [5, 5.41) is 3.24. The fourth-order valence-electron chi connectivity index (χ4n) is 10.1. The molecule has 6 unspecified atom stereocenters. The lowest BCUT2D eigenvalue weighted by molar-refractivity contribution is -0.135. The summed E-state index contributed by atoms with van der Waals surface area (Å²) in [5.41, 5.74) is 1.28. The van der Waals surface area contributed by atoms with Crippen LogP contribution in [0.15, 0.2) is 12.1 Å². The zero-order valence-corrected chi connectivity index (χ0v) is 24.9. The van der Waals surface area contributed by atoms with Crippen LogP contribution in [0.5, 0.6) is 0 Å². The highest BCUT2D eigenvalue weighted by atomic mass is 32.1. The van der Waals surface area contributed by atoms with E-state index in [4.69, 9.17) is 0 Å². The first-order chi connectivity index (χ1) is 17.1. The normalized spacial score (nSPS) is 40.3. The molecule has 0 aliphatic heterocycles. The molecule has 0 bridgehead atoms. The Morgan fingerprint density at radius 3 is 2.50 bits per heavy atom. The molecule has 1 N–H and O–H groups in total. The molecule has 4 aliphatic rings. The van der Waals surface area contributed by atoms with Gasteiger partial charge in [0.05, 0.1) is 4.88 Å². The Morgan fingerprint density at radius 2 is 1.78 bits per heavy atom. The van der Waals surface area contributed by atoms with Crippen molar-refractivity contribution < 1.29 is 4.79 Å². The second kappa shape index (κ2) is 10.0. The molecule has 1 heterocycles. The predicted octanol–water partition coefficient (Wildman–Crippen LogP) is 9.24. The lowest BCUT2D eigenvalue weighted by atomic mass is 9.42. The highest BCUT2D eigenvalue weighted by Gasteiger charge is 2.60. The smallest absolute Gasteiger partial charge is 0.261 e. The van der Waals surface area contributed by atoms with Crippen molar-refractivity contribution in [2.75, 3.05) is 6.54 Å². The fraction of sp³-hybridized carbons (Fsp3) is 0.848. The quantitative estimate of drug-likeness (QED) is 0.379. The van der Waals surface area contributed by atoms with Crippen molar-refractivity contribution in [3.05, 3.63) is 21.9 Å². The molecule has 4 fully saturated rings. The minimum Gasteiger partial charge on any atom is -0.351 e. The van der Waals surface area contributed by atoms with E-state index in [2.05, 4.69) is 52.9 Å². The third-order valence-electron chi connectivity index (χ3n) is 12.1. The predicted molar refractivity (Wildman–Crippen MR) is 154 cm³/mol. The molecule has 0 radical (unpaired) electrons. The van der Waals surface area contributed by atoms with Gasteiger partial charge in [-0.15, -0.1) is 11.3 Å². The van der Waals surface area contributed by atoms with Gasteiger partial charge in [0.1, 0.15) is 0 Å². The van der Waals surface area contributed by atoms with E-state index in [1.165, 1.54) is 75.5 Å². The summed E-state index contributed by atoms with van der Waals surface area (Å²) < 4.78 is 0. The number of amides is 1. The Labute approximate surface area is 225 Å². The van der Waals surface area contributed by atoms with Gasteiger partial charge in [-0.2, -0.15) is 0 Å². The van der Waals surface area contributed by atoms with Gasteiger partial charge in [0.25, 0.3) is 5.91 Å². The van der Waals surface area contributed by atoms with E-state index in [9.17, 15) is 4.79 Å². The van der Waals surface area contributed by atoms with E-state index in [1.807, 2.05) is 6.07 Å². The standard InChI is InChI=1S/C33H53NOS/c1-7-22-21-24-26-14-13-23(11-10-20-34-30(35)28-15-16-29(36-28)31(2,3)4)32(26,5)19-17-27(24)33(6)18-9-8-12-25(22)33/h15-16,22-27H,7-14,17-21H2,1-6H3,(H,34,35)/t22-,23?,24?,25?,26?,27-,32?,33?/m0/s1. The average molecular weight is 512 g/mol. The van der Waals surface area contributed by atoms with Crippen molar-refractivity contribution in [3.8, 4) is 0 Å². The molecular weight excluding hydrogens is 458 g/mol. The molecule has 5 rings (SSSR count). The summed E-state index contributed by atoms with van der Waals surface area (Å²) in [7, 11) is 0. The summed E-state index contributed by atoms with van der Waals surface area (Å²) in [4.78, 5) is 14.9. The molecule has 8 atom stereocenters. The Bertz CT molecular complexity index is 928. The zero-order chi connectivity index (χ0) is 25.7. The number of rotatable bonds is 6. The van der Waals surface area contributed by atoms with Crippen LogP contribution in [0.25, 0.3) is 0 Å². The van der Waals surface area contributed by atoms with Crippen LogP contribution in [0.1, 0.15) is 133 Å². The van der Waals surface area contributed by atoms with Gasteiger partial charge in [-0.1, -0.05) is 60.8 Å². The molecule has 1 amide bonds. The second-order valence-electron chi connectivity index (χ2n) is 14.8. The van der Waals surface area contributed by atoms with Gasteiger partial charge in [0.15, 0.2) is 0 Å². The van der Waals surface area contributed by atoms with Crippen molar-refractivity contribution in [2.24, 2.45) is 46.3 Å². The molecule has 1 aromatic rings. The van der Waals surface area contributed by atoms with Gasteiger partial charge in [-0.05, 0) is 122 Å². The topological polar surface area (TPSA) is 29.1 Å². The van der Waals surface area contributed by atoms with Crippen molar-refractivity contribution in [1.29, 1.82) is 0 Å². The van der Waals surface area contributed by atoms with Crippen molar-refractivity contribution >= 4 is 17.2 Å². The monoisotopic (exact) mass is 511 g/mol. The summed E-state index contributed by atoms with van der Waals surface area (Å²) in [6, 6.07) is 4.13. The number of fused-ring (bicyclic) bond motifs is 5.